The monoisotopic (exact) mass is 411 g/mol. The Balaban J connectivity index is 1.66. The van der Waals surface area contributed by atoms with Gasteiger partial charge in [-0.15, -0.1) is 0 Å². The molecule has 0 atom stereocenters. The van der Waals surface area contributed by atoms with Gasteiger partial charge in [-0.05, 0) is 28.5 Å². The van der Waals surface area contributed by atoms with Crippen molar-refractivity contribution in [3.05, 3.63) is 108 Å². The molecule has 4 aromatic rings. The summed E-state index contributed by atoms with van der Waals surface area (Å²) >= 11 is 0. The number of benzene rings is 3. The SMILES string of the molecule is CC(=O)OC[n+]1ccc(C(=O)N(Cc2ccccc2)c2ccc3ccccc3c2)cc1. The number of carbonyl (C=O) groups is 2. The molecule has 1 amide bonds. The topological polar surface area (TPSA) is 50.5 Å². The number of pyridine rings is 1. The first-order chi connectivity index (χ1) is 15.1. The normalized spacial score (nSPS) is 10.6. The molecule has 5 heteroatoms. The molecule has 0 fully saturated rings. The summed E-state index contributed by atoms with van der Waals surface area (Å²) in [5.41, 5.74) is 2.44. The van der Waals surface area contributed by atoms with Gasteiger partial charge in [-0.3, -0.25) is 9.59 Å². The van der Waals surface area contributed by atoms with E-state index in [0.717, 1.165) is 22.0 Å². The van der Waals surface area contributed by atoms with Crippen molar-refractivity contribution in [2.24, 2.45) is 0 Å². The maximum absolute atomic E-state index is 13.5. The predicted molar refractivity (Wildman–Crippen MR) is 119 cm³/mol. The number of nitrogens with zero attached hydrogens (tertiary/aromatic N) is 2. The highest BCUT2D eigenvalue weighted by molar-refractivity contribution is 6.06. The number of fused-ring (bicyclic) bond motifs is 1. The molecule has 0 radical (unpaired) electrons. The largest absolute Gasteiger partial charge is 0.405 e. The lowest BCUT2D eigenvalue weighted by molar-refractivity contribution is -0.727. The fraction of sp³-hybridized carbons (Fsp3) is 0.115. The average Bonchev–Trinajstić information content (AvgIpc) is 2.81. The molecular formula is C26H23N2O3+. The van der Waals surface area contributed by atoms with Gasteiger partial charge in [0.1, 0.15) is 0 Å². The van der Waals surface area contributed by atoms with Gasteiger partial charge in [0.25, 0.3) is 12.6 Å². The van der Waals surface area contributed by atoms with Gasteiger partial charge in [-0.25, -0.2) is 0 Å². The fourth-order valence-corrected chi connectivity index (χ4v) is 3.40. The number of carbonyl (C=O) groups excluding carboxylic acids is 2. The Morgan fingerprint density at radius 2 is 1.52 bits per heavy atom. The molecule has 0 saturated carbocycles. The first-order valence-electron chi connectivity index (χ1n) is 10.1. The van der Waals surface area contributed by atoms with E-state index in [1.54, 1.807) is 34.0 Å². The average molecular weight is 411 g/mol. The summed E-state index contributed by atoms with van der Waals surface area (Å²) in [6.07, 6.45) is 3.47. The Kier molecular flexibility index (Phi) is 6.03. The van der Waals surface area contributed by atoms with E-state index in [2.05, 4.69) is 6.07 Å². The minimum absolute atomic E-state index is 0.0984. The van der Waals surface area contributed by atoms with E-state index < -0.39 is 0 Å². The highest BCUT2D eigenvalue weighted by atomic mass is 16.5. The van der Waals surface area contributed by atoms with Gasteiger partial charge in [-0.1, -0.05) is 60.7 Å². The van der Waals surface area contributed by atoms with Crippen molar-refractivity contribution in [2.75, 3.05) is 4.90 Å². The minimum Gasteiger partial charge on any atom is -0.405 e. The van der Waals surface area contributed by atoms with Gasteiger partial charge >= 0.3 is 5.97 Å². The molecule has 0 bridgehead atoms. The summed E-state index contributed by atoms with van der Waals surface area (Å²) in [4.78, 5) is 26.3. The number of anilines is 1. The molecule has 31 heavy (non-hydrogen) atoms. The molecule has 154 valence electrons. The van der Waals surface area contributed by atoms with E-state index in [1.165, 1.54) is 6.92 Å². The summed E-state index contributed by atoms with van der Waals surface area (Å²) in [5, 5.41) is 2.21. The number of amides is 1. The quantitative estimate of drug-likeness (QED) is 0.347. The summed E-state index contributed by atoms with van der Waals surface area (Å²) in [5.74, 6) is -0.447. The van der Waals surface area contributed by atoms with E-state index in [-0.39, 0.29) is 18.6 Å². The number of aromatic nitrogens is 1. The second-order valence-electron chi connectivity index (χ2n) is 7.27. The standard InChI is InChI=1S/C26H23N2O3/c1-20(29)31-19-27-15-13-23(14-16-27)26(30)28(18-21-7-3-2-4-8-21)25-12-11-22-9-5-6-10-24(22)17-25/h2-17H,18-19H2,1H3/q+1. The number of hydrogen-bond donors (Lipinski definition) is 0. The van der Waals surface area contributed by atoms with Gasteiger partial charge < -0.3 is 9.64 Å². The van der Waals surface area contributed by atoms with Crippen LogP contribution in [0, 0.1) is 0 Å². The minimum atomic E-state index is -0.349. The molecule has 4 rings (SSSR count). The van der Waals surface area contributed by atoms with Crippen LogP contribution < -0.4 is 9.47 Å². The third-order valence-electron chi connectivity index (χ3n) is 5.03. The summed E-state index contributed by atoms with van der Waals surface area (Å²) in [6, 6.07) is 27.6. The van der Waals surface area contributed by atoms with Crippen molar-refractivity contribution in [3.8, 4) is 0 Å². The van der Waals surface area contributed by atoms with Crippen LogP contribution in [-0.4, -0.2) is 11.9 Å². The maximum atomic E-state index is 13.5. The van der Waals surface area contributed by atoms with Crippen LogP contribution in [0.3, 0.4) is 0 Å². The molecule has 0 aliphatic rings. The van der Waals surface area contributed by atoms with Crippen LogP contribution in [0.5, 0.6) is 0 Å². The fourth-order valence-electron chi connectivity index (χ4n) is 3.40. The molecule has 1 heterocycles. The highest BCUT2D eigenvalue weighted by Gasteiger charge is 2.20. The number of rotatable bonds is 6. The highest BCUT2D eigenvalue weighted by Crippen LogP contribution is 2.25. The molecule has 0 aliphatic heterocycles. The van der Waals surface area contributed by atoms with Crippen LogP contribution >= 0.6 is 0 Å². The number of ether oxygens (including phenoxy) is 1. The Morgan fingerprint density at radius 1 is 0.839 bits per heavy atom. The zero-order chi connectivity index (χ0) is 21.6. The number of hydrogen-bond acceptors (Lipinski definition) is 3. The van der Waals surface area contributed by atoms with Crippen LogP contribution in [-0.2, 0) is 22.8 Å². The first-order valence-corrected chi connectivity index (χ1v) is 10.1. The Morgan fingerprint density at radius 3 is 2.23 bits per heavy atom. The molecule has 0 spiro atoms. The van der Waals surface area contributed by atoms with Crippen LogP contribution in [0.15, 0.2) is 97.3 Å². The van der Waals surface area contributed by atoms with Crippen LogP contribution in [0.25, 0.3) is 10.8 Å². The van der Waals surface area contributed by atoms with Crippen molar-refractivity contribution in [3.63, 3.8) is 0 Å². The van der Waals surface area contributed by atoms with E-state index in [0.29, 0.717) is 12.1 Å². The van der Waals surface area contributed by atoms with E-state index >= 15 is 0 Å². The maximum Gasteiger partial charge on any atom is 0.307 e. The molecule has 5 nitrogen and oxygen atoms in total. The van der Waals surface area contributed by atoms with Crippen LogP contribution in [0.1, 0.15) is 22.8 Å². The van der Waals surface area contributed by atoms with Crippen molar-refractivity contribution in [2.45, 2.75) is 20.2 Å². The summed E-state index contributed by atoms with van der Waals surface area (Å²) in [6.45, 7) is 1.94. The smallest absolute Gasteiger partial charge is 0.307 e. The van der Waals surface area contributed by atoms with Crippen molar-refractivity contribution < 1.29 is 18.9 Å². The van der Waals surface area contributed by atoms with E-state index in [9.17, 15) is 9.59 Å². The number of esters is 1. The van der Waals surface area contributed by atoms with Crippen molar-refractivity contribution in [1.29, 1.82) is 0 Å². The molecule has 0 N–H and O–H groups in total. The van der Waals surface area contributed by atoms with Crippen molar-refractivity contribution >= 4 is 28.3 Å². The zero-order valence-corrected chi connectivity index (χ0v) is 17.3. The summed E-state index contributed by atoms with van der Waals surface area (Å²) in [7, 11) is 0. The lowest BCUT2D eigenvalue weighted by Gasteiger charge is -2.23. The molecule has 3 aromatic carbocycles. The van der Waals surface area contributed by atoms with Gasteiger partial charge in [0.05, 0.1) is 12.1 Å². The Labute approximate surface area is 181 Å². The predicted octanol–water partition coefficient (Wildman–Crippen LogP) is 4.49. The first kappa shape index (κ1) is 20.3. The second kappa shape index (κ2) is 9.22. The van der Waals surface area contributed by atoms with Gasteiger partial charge in [-0.2, -0.15) is 4.57 Å². The lowest BCUT2D eigenvalue weighted by atomic mass is 10.1. The van der Waals surface area contributed by atoms with Gasteiger partial charge in [0, 0.05) is 24.7 Å². The Bertz CT molecular complexity index is 1200. The van der Waals surface area contributed by atoms with Gasteiger partial charge in [0.2, 0.25) is 0 Å². The summed E-state index contributed by atoms with van der Waals surface area (Å²) < 4.78 is 6.70. The molecular weight excluding hydrogens is 388 g/mol. The molecule has 1 aromatic heterocycles. The van der Waals surface area contributed by atoms with Crippen molar-refractivity contribution in [1.82, 2.24) is 0 Å². The van der Waals surface area contributed by atoms with Gasteiger partial charge in [0.15, 0.2) is 12.4 Å². The molecule has 0 unspecified atom stereocenters. The molecule has 0 aliphatic carbocycles. The second-order valence-corrected chi connectivity index (χ2v) is 7.27. The Hall–Kier alpha value is -3.99. The third kappa shape index (κ3) is 4.95. The zero-order valence-electron chi connectivity index (χ0n) is 17.3. The van der Waals surface area contributed by atoms with E-state index in [4.69, 9.17) is 4.74 Å². The van der Waals surface area contributed by atoms with Crippen LogP contribution in [0.2, 0.25) is 0 Å². The van der Waals surface area contributed by atoms with E-state index in [1.807, 2.05) is 66.7 Å². The lowest BCUT2D eigenvalue weighted by Crippen LogP contribution is -2.36. The van der Waals surface area contributed by atoms with Crippen LogP contribution in [0.4, 0.5) is 5.69 Å². The third-order valence-corrected chi connectivity index (χ3v) is 5.03. The molecule has 0 saturated heterocycles.